The maximum atomic E-state index is 12.5. The van der Waals surface area contributed by atoms with Crippen molar-refractivity contribution in [2.75, 3.05) is 31.6 Å². The largest absolute Gasteiger partial charge is 0.476 e. The van der Waals surface area contributed by atoms with Crippen LogP contribution in [0.1, 0.15) is 52.1 Å². The molecule has 0 atom stereocenters. The summed E-state index contributed by atoms with van der Waals surface area (Å²) in [5.74, 6) is 0.274. The number of hydrogen-bond donors (Lipinski definition) is 2. The van der Waals surface area contributed by atoms with E-state index in [9.17, 15) is 9.59 Å². The number of anilines is 1. The number of aromatic amines is 1. The molecule has 2 aromatic rings. The van der Waals surface area contributed by atoms with E-state index in [-0.39, 0.29) is 11.7 Å². The van der Waals surface area contributed by atoms with E-state index >= 15 is 0 Å². The van der Waals surface area contributed by atoms with E-state index in [4.69, 9.17) is 4.74 Å². The van der Waals surface area contributed by atoms with Crippen molar-refractivity contribution < 1.29 is 14.3 Å². The smallest absolute Gasteiger partial charge is 0.257 e. The summed E-state index contributed by atoms with van der Waals surface area (Å²) in [6, 6.07) is 3.51. The van der Waals surface area contributed by atoms with E-state index in [1.165, 1.54) is 12.8 Å². The average molecular weight is 368 g/mol. The van der Waals surface area contributed by atoms with Gasteiger partial charge in [-0.1, -0.05) is 0 Å². The molecule has 0 unspecified atom stereocenters. The Balaban J connectivity index is 1.33. The fraction of sp³-hybridized carbons (Fsp3) is 0.450. The van der Waals surface area contributed by atoms with Crippen molar-refractivity contribution in [2.24, 2.45) is 0 Å². The molecule has 0 radical (unpaired) electrons. The van der Waals surface area contributed by atoms with Crippen molar-refractivity contribution in [3.8, 4) is 5.88 Å². The Morgan fingerprint density at radius 3 is 2.85 bits per heavy atom. The number of ketones is 1. The molecule has 4 rings (SSSR count). The van der Waals surface area contributed by atoms with Crippen LogP contribution in [0, 0.1) is 0 Å². The number of amides is 1. The van der Waals surface area contributed by atoms with Gasteiger partial charge in [-0.3, -0.25) is 14.5 Å². The summed E-state index contributed by atoms with van der Waals surface area (Å²) in [7, 11) is 0. The number of nitrogens with zero attached hydrogens (tertiary/aromatic N) is 2. The lowest BCUT2D eigenvalue weighted by atomic mass is 9.93. The first-order valence-electron chi connectivity index (χ1n) is 9.57. The number of fused-ring (bicyclic) bond motifs is 1. The number of aromatic nitrogens is 2. The molecule has 0 spiro atoms. The zero-order valence-electron chi connectivity index (χ0n) is 15.3. The van der Waals surface area contributed by atoms with Crippen LogP contribution in [0.5, 0.6) is 5.88 Å². The minimum absolute atomic E-state index is 0.0301. The first kappa shape index (κ1) is 17.7. The molecule has 0 aromatic carbocycles. The van der Waals surface area contributed by atoms with Gasteiger partial charge in [-0.15, -0.1) is 0 Å². The minimum Gasteiger partial charge on any atom is -0.476 e. The van der Waals surface area contributed by atoms with Gasteiger partial charge in [0.05, 0.1) is 23.0 Å². The van der Waals surface area contributed by atoms with Crippen molar-refractivity contribution in [2.45, 2.75) is 32.1 Å². The molecule has 142 valence electrons. The van der Waals surface area contributed by atoms with Crippen LogP contribution in [0.4, 0.5) is 5.69 Å². The Kier molecular flexibility index (Phi) is 5.20. The van der Waals surface area contributed by atoms with Gasteiger partial charge in [0.15, 0.2) is 5.78 Å². The highest BCUT2D eigenvalue weighted by Crippen LogP contribution is 2.25. The van der Waals surface area contributed by atoms with E-state index in [0.717, 1.165) is 38.2 Å². The molecule has 1 aliphatic carbocycles. The Morgan fingerprint density at radius 2 is 2.07 bits per heavy atom. The molecule has 1 aliphatic heterocycles. The molecule has 2 aromatic heterocycles. The van der Waals surface area contributed by atoms with Crippen LogP contribution in [0.3, 0.4) is 0 Å². The zero-order valence-corrected chi connectivity index (χ0v) is 15.3. The topological polar surface area (TPSA) is 87.3 Å². The Labute approximate surface area is 158 Å². The standard InChI is InChI=1S/C20H24N4O3/c25-17-5-3-4-16-19(17)15(13-21-16)20(26)23-14-6-7-18(22-12-14)27-11-10-24-8-1-2-9-24/h6-7,12-13,21H,1-5,8-11H2,(H,23,26). The molecule has 1 saturated heterocycles. The fourth-order valence-electron chi connectivity index (χ4n) is 3.74. The van der Waals surface area contributed by atoms with Gasteiger partial charge in [-0.2, -0.15) is 0 Å². The monoisotopic (exact) mass is 368 g/mol. The van der Waals surface area contributed by atoms with Crippen LogP contribution in [-0.2, 0) is 6.42 Å². The van der Waals surface area contributed by atoms with Gasteiger partial charge in [0, 0.05) is 30.9 Å². The normalized spacial score (nSPS) is 17.0. The number of H-pyrrole nitrogens is 1. The minimum atomic E-state index is -0.299. The summed E-state index contributed by atoms with van der Waals surface area (Å²) < 4.78 is 5.67. The van der Waals surface area contributed by atoms with E-state index in [1.807, 2.05) is 0 Å². The van der Waals surface area contributed by atoms with E-state index in [0.29, 0.717) is 35.7 Å². The van der Waals surface area contributed by atoms with Crippen LogP contribution in [-0.4, -0.2) is 52.8 Å². The summed E-state index contributed by atoms with van der Waals surface area (Å²) in [5.41, 5.74) is 2.37. The molecule has 27 heavy (non-hydrogen) atoms. The van der Waals surface area contributed by atoms with Crippen LogP contribution in [0.25, 0.3) is 0 Å². The third kappa shape index (κ3) is 4.03. The van der Waals surface area contributed by atoms with Gasteiger partial charge >= 0.3 is 0 Å². The molecule has 1 amide bonds. The highest BCUT2D eigenvalue weighted by molar-refractivity contribution is 6.13. The lowest BCUT2D eigenvalue weighted by Crippen LogP contribution is -2.25. The first-order valence-corrected chi connectivity index (χ1v) is 9.57. The lowest BCUT2D eigenvalue weighted by molar-refractivity contribution is 0.0956. The quantitative estimate of drug-likeness (QED) is 0.818. The zero-order chi connectivity index (χ0) is 18.6. The van der Waals surface area contributed by atoms with Crippen molar-refractivity contribution in [1.82, 2.24) is 14.9 Å². The van der Waals surface area contributed by atoms with E-state index in [1.54, 1.807) is 24.5 Å². The number of carbonyl (C=O) groups is 2. The molecule has 3 heterocycles. The van der Waals surface area contributed by atoms with Crippen molar-refractivity contribution in [3.63, 3.8) is 0 Å². The summed E-state index contributed by atoms with van der Waals surface area (Å²) in [6.07, 6.45) is 7.85. The number of pyridine rings is 1. The van der Waals surface area contributed by atoms with Gasteiger partial charge < -0.3 is 15.0 Å². The van der Waals surface area contributed by atoms with Crippen molar-refractivity contribution in [1.29, 1.82) is 0 Å². The number of carbonyl (C=O) groups excluding carboxylic acids is 2. The third-order valence-corrected chi connectivity index (χ3v) is 5.17. The highest BCUT2D eigenvalue weighted by atomic mass is 16.5. The van der Waals surface area contributed by atoms with Gasteiger partial charge in [-0.25, -0.2) is 4.98 Å². The summed E-state index contributed by atoms with van der Waals surface area (Å²) in [4.78, 5) is 34.4. The second-order valence-electron chi connectivity index (χ2n) is 7.07. The molecule has 1 fully saturated rings. The predicted octanol–water partition coefficient (Wildman–Crippen LogP) is 2.66. The van der Waals surface area contributed by atoms with Crippen molar-refractivity contribution in [3.05, 3.63) is 41.3 Å². The van der Waals surface area contributed by atoms with Crippen LogP contribution >= 0.6 is 0 Å². The van der Waals surface area contributed by atoms with Crippen LogP contribution < -0.4 is 10.1 Å². The molecule has 2 aliphatic rings. The predicted molar refractivity (Wildman–Crippen MR) is 101 cm³/mol. The highest BCUT2D eigenvalue weighted by Gasteiger charge is 2.25. The second-order valence-corrected chi connectivity index (χ2v) is 7.07. The number of ether oxygens (including phenoxy) is 1. The number of nitrogens with one attached hydrogen (secondary N) is 2. The van der Waals surface area contributed by atoms with Gasteiger partial charge in [-0.05, 0) is 44.8 Å². The Bertz CT molecular complexity index is 822. The molecule has 7 heteroatoms. The lowest BCUT2D eigenvalue weighted by Gasteiger charge is -2.14. The molecule has 0 saturated carbocycles. The van der Waals surface area contributed by atoms with E-state index in [2.05, 4.69) is 20.2 Å². The summed E-state index contributed by atoms with van der Waals surface area (Å²) in [5, 5.41) is 2.81. The maximum absolute atomic E-state index is 12.5. The average Bonchev–Trinajstić information content (AvgIpc) is 3.33. The molecule has 7 nitrogen and oxygen atoms in total. The number of rotatable bonds is 6. The van der Waals surface area contributed by atoms with E-state index < -0.39 is 0 Å². The number of Topliss-reactive ketones (excluding diaryl/α,β-unsaturated/α-hetero) is 1. The molecule has 0 bridgehead atoms. The SMILES string of the molecule is O=C(Nc1ccc(OCCN2CCCC2)nc1)c1c[nH]c2c1C(=O)CCC2. The number of hydrogen-bond acceptors (Lipinski definition) is 5. The summed E-state index contributed by atoms with van der Waals surface area (Å²) in [6.45, 7) is 3.81. The van der Waals surface area contributed by atoms with Gasteiger partial charge in [0.1, 0.15) is 6.61 Å². The Hall–Kier alpha value is -2.67. The third-order valence-electron chi connectivity index (χ3n) is 5.17. The second kappa shape index (κ2) is 7.92. The first-order chi connectivity index (χ1) is 13.2. The van der Waals surface area contributed by atoms with Crippen LogP contribution in [0.15, 0.2) is 24.5 Å². The number of likely N-dealkylation sites (tertiary alicyclic amines) is 1. The fourth-order valence-corrected chi connectivity index (χ4v) is 3.74. The molecule has 2 N–H and O–H groups in total. The molecular formula is C20H24N4O3. The van der Waals surface area contributed by atoms with Gasteiger partial charge in [0.2, 0.25) is 5.88 Å². The summed E-state index contributed by atoms with van der Waals surface area (Å²) >= 11 is 0. The number of aryl methyl sites for hydroxylation is 1. The van der Waals surface area contributed by atoms with Crippen molar-refractivity contribution >= 4 is 17.4 Å². The van der Waals surface area contributed by atoms with Gasteiger partial charge in [0.25, 0.3) is 5.91 Å². The molecular weight excluding hydrogens is 344 g/mol. The maximum Gasteiger partial charge on any atom is 0.257 e. The van der Waals surface area contributed by atoms with Crippen LogP contribution in [0.2, 0.25) is 0 Å². The Morgan fingerprint density at radius 1 is 1.22 bits per heavy atom.